The Balaban J connectivity index is 2.97. The first-order valence-electron chi connectivity index (χ1n) is 8.42. The van der Waals surface area contributed by atoms with E-state index in [0.29, 0.717) is 0 Å². The summed E-state index contributed by atoms with van der Waals surface area (Å²) in [6.45, 7) is 6.91. The summed E-state index contributed by atoms with van der Waals surface area (Å²) in [5.74, 6) is 0.755. The van der Waals surface area contributed by atoms with E-state index in [1.807, 2.05) is 6.07 Å². The van der Waals surface area contributed by atoms with Gasteiger partial charge in [-0.25, -0.2) is 0 Å². The van der Waals surface area contributed by atoms with Crippen molar-refractivity contribution in [2.24, 2.45) is 0 Å². The first-order chi connectivity index (χ1) is 9.72. The summed E-state index contributed by atoms with van der Waals surface area (Å²) in [5, 5.41) is 9.27. The van der Waals surface area contributed by atoms with Crippen LogP contribution in [0.3, 0.4) is 0 Å². The molecule has 0 aromatic carbocycles. The van der Waals surface area contributed by atoms with Crippen LogP contribution >= 0.6 is 0 Å². The van der Waals surface area contributed by atoms with Crippen LogP contribution < -0.4 is 3.78 Å². The summed E-state index contributed by atoms with van der Waals surface area (Å²) in [4.78, 5) is 0. The van der Waals surface area contributed by atoms with Crippen molar-refractivity contribution in [1.29, 1.82) is 0 Å². The number of aliphatic hydroxyl groups excluding tert-OH is 1. The average molecular weight is 387 g/mol. The molecule has 0 radical (unpaired) electrons. The van der Waals surface area contributed by atoms with Crippen LogP contribution in [0.5, 0.6) is 0 Å². The molecule has 1 aromatic heterocycles. The Morgan fingerprint density at radius 3 is 1.75 bits per heavy atom. The molecule has 0 atom stereocenters. The first-order valence-corrected chi connectivity index (χ1v) is 15.9. The zero-order valence-corrected chi connectivity index (χ0v) is 16.4. The summed E-state index contributed by atoms with van der Waals surface area (Å²) in [6, 6.07) is 4.19. The number of unbranched alkanes of at least 4 members (excludes halogenated alkanes) is 3. The number of hydrogen-bond donors (Lipinski definition) is 1. The van der Waals surface area contributed by atoms with E-state index in [9.17, 15) is 5.11 Å². The third-order valence-electron chi connectivity index (χ3n) is 4.37. The van der Waals surface area contributed by atoms with Gasteiger partial charge >= 0.3 is 129 Å². The summed E-state index contributed by atoms with van der Waals surface area (Å²) < 4.78 is 11.6. The monoisotopic (exact) mass is 388 g/mol. The fourth-order valence-corrected chi connectivity index (χ4v) is 18.3. The van der Waals surface area contributed by atoms with E-state index in [1.165, 1.54) is 55.6 Å². The van der Waals surface area contributed by atoms with Gasteiger partial charge in [0.2, 0.25) is 0 Å². The molecule has 0 unspecified atom stereocenters. The third-order valence-corrected chi connectivity index (χ3v) is 19.3. The van der Waals surface area contributed by atoms with E-state index in [4.69, 9.17) is 4.42 Å². The Kier molecular flexibility index (Phi) is 8.94. The fourth-order valence-electron chi connectivity index (χ4n) is 3.04. The standard InChI is InChI=1S/C5H5O2.3C4H9.Sn/c6-4-5-2-1-3-7-5;3*1-3-4-2;/h1-2,6H,4H2;3*1,3-4H2,2H3;. The van der Waals surface area contributed by atoms with Crippen LogP contribution in [0.25, 0.3) is 0 Å². The Labute approximate surface area is 128 Å². The molecule has 0 aliphatic heterocycles. The molecule has 1 heterocycles. The fraction of sp³-hybridized carbons (Fsp3) is 0.765. The molecule has 0 fully saturated rings. The number of rotatable bonds is 11. The Hall–Kier alpha value is 0.0387. The van der Waals surface area contributed by atoms with Gasteiger partial charge in [-0.15, -0.1) is 0 Å². The normalized spacial score (nSPS) is 12.0. The van der Waals surface area contributed by atoms with Gasteiger partial charge in [-0.1, -0.05) is 0 Å². The van der Waals surface area contributed by atoms with Gasteiger partial charge in [-0.05, 0) is 0 Å². The number of hydrogen-bond acceptors (Lipinski definition) is 2. The van der Waals surface area contributed by atoms with Crippen LogP contribution in [-0.2, 0) is 6.61 Å². The van der Waals surface area contributed by atoms with Crippen LogP contribution in [0.4, 0.5) is 0 Å². The second kappa shape index (κ2) is 9.88. The van der Waals surface area contributed by atoms with Crippen LogP contribution in [0, 0.1) is 0 Å². The predicted octanol–water partition coefficient (Wildman–Crippen LogP) is 4.83. The Bertz CT molecular complexity index is 338. The third kappa shape index (κ3) is 5.10. The van der Waals surface area contributed by atoms with Gasteiger partial charge in [0.15, 0.2) is 0 Å². The summed E-state index contributed by atoms with van der Waals surface area (Å²) >= 11 is -2.38. The van der Waals surface area contributed by atoms with Gasteiger partial charge in [0.1, 0.15) is 0 Å². The zero-order chi connectivity index (χ0) is 14.8. The van der Waals surface area contributed by atoms with Crippen LogP contribution in [-0.4, -0.2) is 23.5 Å². The number of aliphatic hydroxyl groups is 1. The van der Waals surface area contributed by atoms with Crippen LogP contribution in [0.15, 0.2) is 16.5 Å². The van der Waals surface area contributed by atoms with Gasteiger partial charge < -0.3 is 0 Å². The van der Waals surface area contributed by atoms with E-state index >= 15 is 0 Å². The van der Waals surface area contributed by atoms with Crippen molar-refractivity contribution in [2.75, 3.05) is 0 Å². The molecule has 1 rings (SSSR count). The van der Waals surface area contributed by atoms with Crippen LogP contribution in [0.1, 0.15) is 65.1 Å². The van der Waals surface area contributed by atoms with Gasteiger partial charge in [0.05, 0.1) is 0 Å². The topological polar surface area (TPSA) is 33.4 Å². The van der Waals surface area contributed by atoms with Gasteiger partial charge in [0.25, 0.3) is 0 Å². The zero-order valence-electron chi connectivity index (χ0n) is 13.6. The van der Waals surface area contributed by atoms with Gasteiger partial charge in [-0.3, -0.25) is 0 Å². The molecule has 0 amide bonds. The second-order valence-corrected chi connectivity index (χ2v) is 19.0. The van der Waals surface area contributed by atoms with Gasteiger partial charge in [-0.2, -0.15) is 0 Å². The predicted molar refractivity (Wildman–Crippen MR) is 89.2 cm³/mol. The van der Waals surface area contributed by atoms with E-state index in [2.05, 4.69) is 26.8 Å². The molecule has 3 heteroatoms. The molecule has 2 nitrogen and oxygen atoms in total. The summed E-state index contributed by atoms with van der Waals surface area (Å²) in [7, 11) is 0. The minimum atomic E-state index is -2.38. The molecule has 1 aromatic rings. The average Bonchev–Trinajstić information content (AvgIpc) is 2.96. The quantitative estimate of drug-likeness (QED) is 0.552. The molecule has 20 heavy (non-hydrogen) atoms. The molecular formula is C17H32O2Sn. The molecular weight excluding hydrogens is 355 g/mol. The Morgan fingerprint density at radius 1 is 0.900 bits per heavy atom. The molecule has 116 valence electrons. The van der Waals surface area contributed by atoms with Crippen molar-refractivity contribution in [2.45, 2.75) is 79.2 Å². The number of furan rings is 1. The van der Waals surface area contributed by atoms with Crippen molar-refractivity contribution in [3.05, 3.63) is 17.9 Å². The summed E-state index contributed by atoms with van der Waals surface area (Å²) in [6.07, 6.45) is 7.88. The van der Waals surface area contributed by atoms with Crippen molar-refractivity contribution in [3.63, 3.8) is 0 Å². The molecule has 0 spiro atoms. The van der Waals surface area contributed by atoms with E-state index < -0.39 is 18.4 Å². The molecule has 0 aliphatic carbocycles. The molecule has 0 bridgehead atoms. The molecule has 1 N–H and O–H groups in total. The van der Waals surface area contributed by atoms with Crippen molar-refractivity contribution in [3.8, 4) is 0 Å². The maximum atomic E-state index is 9.27. The van der Waals surface area contributed by atoms with E-state index in [-0.39, 0.29) is 6.61 Å². The first kappa shape index (κ1) is 18.1. The Morgan fingerprint density at radius 2 is 1.40 bits per heavy atom. The van der Waals surface area contributed by atoms with Crippen molar-refractivity contribution >= 4 is 22.2 Å². The van der Waals surface area contributed by atoms with Crippen molar-refractivity contribution < 1.29 is 9.52 Å². The van der Waals surface area contributed by atoms with Gasteiger partial charge in [0, 0.05) is 0 Å². The van der Waals surface area contributed by atoms with E-state index in [0.717, 1.165) is 5.76 Å². The molecule has 0 aliphatic rings. The maximum absolute atomic E-state index is 9.27. The summed E-state index contributed by atoms with van der Waals surface area (Å²) in [5.41, 5.74) is 0. The van der Waals surface area contributed by atoms with E-state index in [1.54, 1.807) is 0 Å². The SMILES string of the molecule is CCC[CH2][Sn]([CH2]CCC)([CH2]CCC)[c]1ccc(CO)o1. The van der Waals surface area contributed by atoms with Crippen LogP contribution in [0.2, 0.25) is 13.3 Å². The second-order valence-electron chi connectivity index (χ2n) is 6.02. The molecule has 0 saturated heterocycles. The molecule has 0 saturated carbocycles. The van der Waals surface area contributed by atoms with Crippen molar-refractivity contribution in [1.82, 2.24) is 0 Å². The minimum absolute atomic E-state index is 0.0390.